The van der Waals surface area contributed by atoms with Crippen molar-refractivity contribution in [2.45, 2.75) is 63.8 Å². The quantitative estimate of drug-likeness (QED) is 0.913. The van der Waals surface area contributed by atoms with Gasteiger partial charge < -0.3 is 10.2 Å². The Balaban J connectivity index is 1.56. The van der Waals surface area contributed by atoms with E-state index >= 15 is 0 Å². The van der Waals surface area contributed by atoms with Crippen LogP contribution in [-0.4, -0.2) is 40.3 Å². The average Bonchev–Trinajstić information content (AvgIpc) is 2.95. The molecular formula is C15H24N4OS. The Labute approximate surface area is 130 Å². The molecule has 0 aromatic carbocycles. The number of hydrogen-bond acceptors (Lipinski definition) is 4. The van der Waals surface area contributed by atoms with Crippen molar-refractivity contribution in [3.8, 4) is 0 Å². The first kappa shape index (κ1) is 14.8. The molecule has 1 saturated heterocycles. The number of nitrogens with zero attached hydrogens (tertiary/aromatic N) is 3. The molecule has 1 aliphatic carbocycles. The lowest BCUT2D eigenvalue weighted by Crippen LogP contribution is -2.48. The summed E-state index contributed by atoms with van der Waals surface area (Å²) in [4.78, 5) is 14.4. The van der Waals surface area contributed by atoms with Crippen LogP contribution in [0.3, 0.4) is 0 Å². The van der Waals surface area contributed by atoms with Gasteiger partial charge in [0.25, 0.3) is 0 Å². The smallest absolute Gasteiger partial charge is 0.317 e. The summed E-state index contributed by atoms with van der Waals surface area (Å²) in [6.07, 6.45) is 8.25. The third-order valence-corrected chi connectivity index (χ3v) is 5.53. The highest BCUT2D eigenvalue weighted by molar-refractivity contribution is 7.11. The maximum absolute atomic E-state index is 12.4. The molecule has 1 aromatic heterocycles. The highest BCUT2D eigenvalue weighted by Crippen LogP contribution is 2.29. The summed E-state index contributed by atoms with van der Waals surface area (Å²) in [5.74, 6) is 0.363. The zero-order chi connectivity index (χ0) is 14.7. The Hall–Kier alpha value is -1.17. The summed E-state index contributed by atoms with van der Waals surface area (Å²) in [7, 11) is 0. The van der Waals surface area contributed by atoms with Gasteiger partial charge in [0.15, 0.2) is 0 Å². The molecule has 1 atom stereocenters. The minimum absolute atomic E-state index is 0.118. The fraction of sp³-hybridized carbons (Fsp3) is 0.800. The lowest BCUT2D eigenvalue weighted by Gasteiger charge is -2.33. The topological polar surface area (TPSA) is 58.1 Å². The number of carbonyl (C=O) groups excluding carboxylic acids is 1. The fourth-order valence-electron chi connectivity index (χ4n) is 3.35. The molecule has 2 fully saturated rings. The van der Waals surface area contributed by atoms with E-state index < -0.39 is 0 Å². The van der Waals surface area contributed by atoms with Gasteiger partial charge in [-0.05, 0) is 32.6 Å². The molecule has 116 valence electrons. The predicted octanol–water partition coefficient (Wildman–Crippen LogP) is 3.07. The number of urea groups is 1. The number of aryl methyl sites for hydroxylation is 1. The van der Waals surface area contributed by atoms with Gasteiger partial charge in [0.2, 0.25) is 0 Å². The number of likely N-dealkylation sites (tertiary alicyclic amines) is 1. The van der Waals surface area contributed by atoms with E-state index in [2.05, 4.69) is 15.5 Å². The van der Waals surface area contributed by atoms with Crippen LogP contribution in [0.2, 0.25) is 0 Å². The Morgan fingerprint density at radius 3 is 2.71 bits per heavy atom. The maximum Gasteiger partial charge on any atom is 0.317 e. The van der Waals surface area contributed by atoms with E-state index in [0.29, 0.717) is 12.0 Å². The van der Waals surface area contributed by atoms with Gasteiger partial charge in [0, 0.05) is 25.0 Å². The van der Waals surface area contributed by atoms with Crippen molar-refractivity contribution in [3.63, 3.8) is 0 Å². The van der Waals surface area contributed by atoms with Gasteiger partial charge in [-0.2, -0.15) is 0 Å². The number of aromatic nitrogens is 2. The zero-order valence-electron chi connectivity index (χ0n) is 12.7. The van der Waals surface area contributed by atoms with E-state index in [4.69, 9.17) is 0 Å². The second-order valence-electron chi connectivity index (χ2n) is 6.23. The van der Waals surface area contributed by atoms with Crippen LogP contribution in [0.4, 0.5) is 4.79 Å². The second kappa shape index (κ2) is 6.73. The van der Waals surface area contributed by atoms with Crippen LogP contribution in [-0.2, 0) is 0 Å². The van der Waals surface area contributed by atoms with E-state index in [1.54, 1.807) is 11.3 Å². The number of piperidine rings is 1. The molecule has 3 rings (SSSR count). The molecule has 1 saturated carbocycles. The third kappa shape index (κ3) is 3.73. The van der Waals surface area contributed by atoms with Crippen LogP contribution in [0.15, 0.2) is 0 Å². The van der Waals surface area contributed by atoms with Crippen molar-refractivity contribution >= 4 is 17.4 Å². The van der Waals surface area contributed by atoms with Gasteiger partial charge >= 0.3 is 6.03 Å². The molecule has 0 spiro atoms. The number of carbonyl (C=O) groups is 1. The monoisotopic (exact) mass is 308 g/mol. The first-order valence-corrected chi connectivity index (χ1v) is 8.89. The number of nitrogens with one attached hydrogen (secondary N) is 1. The van der Waals surface area contributed by atoms with Crippen molar-refractivity contribution in [2.24, 2.45) is 0 Å². The number of hydrogen-bond donors (Lipinski definition) is 1. The molecular weight excluding hydrogens is 284 g/mol. The summed E-state index contributed by atoms with van der Waals surface area (Å²) in [5, 5.41) is 13.7. The lowest BCUT2D eigenvalue weighted by atomic mass is 9.95. The number of amides is 2. The standard InChI is InChI=1S/C15H24N4OS/c1-11-17-18-14(21-11)12-6-5-9-19(10-12)15(20)16-13-7-3-2-4-8-13/h12-13H,2-10H2,1H3,(H,16,20). The van der Waals surface area contributed by atoms with Crippen LogP contribution in [0, 0.1) is 6.92 Å². The molecule has 6 heteroatoms. The fourth-order valence-corrected chi connectivity index (χ4v) is 4.18. The second-order valence-corrected chi connectivity index (χ2v) is 7.44. The molecule has 0 bridgehead atoms. The summed E-state index contributed by atoms with van der Waals surface area (Å²) in [6.45, 7) is 3.64. The molecule has 1 aromatic rings. The van der Waals surface area contributed by atoms with Crippen molar-refractivity contribution in [1.29, 1.82) is 0 Å². The van der Waals surface area contributed by atoms with Crippen LogP contribution in [0.1, 0.15) is 60.9 Å². The predicted molar refractivity (Wildman–Crippen MR) is 83.6 cm³/mol. The van der Waals surface area contributed by atoms with Crippen LogP contribution in [0.25, 0.3) is 0 Å². The van der Waals surface area contributed by atoms with Gasteiger partial charge in [-0.1, -0.05) is 19.3 Å². The summed E-state index contributed by atoms with van der Waals surface area (Å²) >= 11 is 1.66. The minimum Gasteiger partial charge on any atom is -0.335 e. The van der Waals surface area contributed by atoms with Crippen LogP contribution < -0.4 is 5.32 Å². The van der Waals surface area contributed by atoms with Crippen molar-refractivity contribution in [1.82, 2.24) is 20.4 Å². The average molecular weight is 308 g/mol. The molecule has 1 aliphatic heterocycles. The van der Waals surface area contributed by atoms with Crippen LogP contribution in [0.5, 0.6) is 0 Å². The molecule has 21 heavy (non-hydrogen) atoms. The maximum atomic E-state index is 12.4. The Kier molecular flexibility index (Phi) is 4.73. The van der Waals surface area contributed by atoms with Crippen LogP contribution >= 0.6 is 11.3 Å². The van der Waals surface area contributed by atoms with E-state index in [1.807, 2.05) is 11.8 Å². The third-order valence-electron chi connectivity index (χ3n) is 4.53. The van der Waals surface area contributed by atoms with E-state index in [0.717, 1.165) is 48.8 Å². The largest absolute Gasteiger partial charge is 0.335 e. The summed E-state index contributed by atoms with van der Waals surface area (Å²) < 4.78 is 0. The Morgan fingerprint density at radius 2 is 2.00 bits per heavy atom. The number of rotatable bonds is 2. The first-order valence-electron chi connectivity index (χ1n) is 8.08. The molecule has 2 heterocycles. The SMILES string of the molecule is Cc1nnc(C2CCCN(C(=O)NC3CCCCC3)C2)s1. The van der Waals surface area contributed by atoms with Gasteiger partial charge in [-0.25, -0.2) is 4.79 Å². The Morgan fingerprint density at radius 1 is 1.19 bits per heavy atom. The van der Waals surface area contributed by atoms with Crippen molar-refractivity contribution < 1.29 is 4.79 Å². The molecule has 1 unspecified atom stereocenters. The molecule has 1 N–H and O–H groups in total. The first-order chi connectivity index (χ1) is 10.2. The highest BCUT2D eigenvalue weighted by atomic mass is 32.1. The molecule has 2 amide bonds. The van der Waals surface area contributed by atoms with Crippen molar-refractivity contribution in [3.05, 3.63) is 10.0 Å². The molecule has 0 radical (unpaired) electrons. The van der Waals surface area contributed by atoms with E-state index in [1.165, 1.54) is 19.3 Å². The molecule has 5 nitrogen and oxygen atoms in total. The van der Waals surface area contributed by atoms with E-state index in [-0.39, 0.29) is 6.03 Å². The highest BCUT2D eigenvalue weighted by Gasteiger charge is 2.28. The van der Waals surface area contributed by atoms with Gasteiger partial charge in [-0.3, -0.25) is 0 Å². The van der Waals surface area contributed by atoms with Crippen molar-refractivity contribution in [2.75, 3.05) is 13.1 Å². The zero-order valence-corrected chi connectivity index (χ0v) is 13.5. The normalized spacial score (nSPS) is 24.0. The summed E-state index contributed by atoms with van der Waals surface area (Å²) in [6, 6.07) is 0.503. The Bertz CT molecular complexity index is 484. The van der Waals surface area contributed by atoms with Gasteiger partial charge in [-0.15, -0.1) is 21.5 Å². The van der Waals surface area contributed by atoms with Gasteiger partial charge in [0.1, 0.15) is 10.0 Å². The molecule has 2 aliphatic rings. The van der Waals surface area contributed by atoms with Gasteiger partial charge in [0.05, 0.1) is 0 Å². The minimum atomic E-state index is 0.118. The lowest BCUT2D eigenvalue weighted by molar-refractivity contribution is 0.172. The van der Waals surface area contributed by atoms with E-state index in [9.17, 15) is 4.79 Å². The summed E-state index contributed by atoms with van der Waals surface area (Å²) in [5.41, 5.74) is 0.